The standard InChI is InChI=1S/C45H49ClN8O5/c1-45(2,32-23-30(26-47)41(58-4)36(46)24-32)31-5-8-35(9-6-31)59-27-33-13-18-48-43(49-33)53-21-16-29(17-22-53)28-14-19-52(20-15-28)34-7-10-37-39(25-34)51(3)44(57)54(37)38-11-12-40(55)50-42(38)56/h5-10,13,18,23-25,28-29,38H,11-12,14-17,19-22,27H2,1-4H3,(H,50,55,56). The molecule has 1 unspecified atom stereocenters. The number of aryl methyl sites for hydroxylation is 1. The van der Waals surface area contributed by atoms with Crippen molar-refractivity contribution in [1.82, 2.24) is 24.4 Å². The molecular weight excluding hydrogens is 768 g/mol. The molecule has 3 fully saturated rings. The van der Waals surface area contributed by atoms with Crippen molar-refractivity contribution in [3.05, 3.63) is 105 Å². The Hall–Kier alpha value is -5.87. The molecule has 3 aromatic carbocycles. The number of benzene rings is 3. The van der Waals surface area contributed by atoms with Crippen LogP contribution in [0.1, 0.15) is 80.8 Å². The first kappa shape index (κ1) is 39.9. The maximum Gasteiger partial charge on any atom is 0.329 e. The number of methoxy groups -OCH3 is 1. The van der Waals surface area contributed by atoms with Crippen molar-refractivity contribution in [2.75, 3.05) is 43.1 Å². The summed E-state index contributed by atoms with van der Waals surface area (Å²) in [5, 5.41) is 12.4. The number of nitrogens with one attached hydrogen (secondary N) is 1. The minimum Gasteiger partial charge on any atom is -0.494 e. The Morgan fingerprint density at radius 3 is 2.24 bits per heavy atom. The van der Waals surface area contributed by atoms with Gasteiger partial charge in [0.15, 0.2) is 5.75 Å². The first-order valence-electron chi connectivity index (χ1n) is 20.3. The molecule has 0 bridgehead atoms. The molecule has 5 heterocycles. The number of fused-ring (bicyclic) bond motifs is 1. The van der Waals surface area contributed by atoms with Crippen LogP contribution in [0.5, 0.6) is 11.5 Å². The zero-order chi connectivity index (χ0) is 41.4. The van der Waals surface area contributed by atoms with E-state index in [0.717, 1.165) is 91.6 Å². The summed E-state index contributed by atoms with van der Waals surface area (Å²) in [5.74, 6) is 2.43. The van der Waals surface area contributed by atoms with Gasteiger partial charge in [0.25, 0.3) is 0 Å². The molecule has 0 spiro atoms. The lowest BCUT2D eigenvalue weighted by atomic mass is 9.77. The molecule has 1 N–H and O–H groups in total. The molecule has 0 radical (unpaired) electrons. The summed E-state index contributed by atoms with van der Waals surface area (Å²) in [5.41, 5.74) is 5.10. The van der Waals surface area contributed by atoms with Gasteiger partial charge in [-0.15, -0.1) is 0 Å². The van der Waals surface area contributed by atoms with Crippen LogP contribution in [0, 0.1) is 23.2 Å². The number of halogens is 1. The van der Waals surface area contributed by atoms with Gasteiger partial charge in [0.05, 0.1) is 34.4 Å². The highest BCUT2D eigenvalue weighted by molar-refractivity contribution is 6.32. The van der Waals surface area contributed by atoms with Crippen LogP contribution in [0.25, 0.3) is 11.0 Å². The predicted molar refractivity (Wildman–Crippen MR) is 226 cm³/mol. The molecule has 8 rings (SSSR count). The molecule has 13 nitrogen and oxygen atoms in total. The minimum atomic E-state index is -0.689. The number of imidazole rings is 1. The van der Waals surface area contributed by atoms with E-state index in [1.165, 1.54) is 11.7 Å². The third-order valence-corrected chi connectivity index (χ3v) is 13.0. The number of imide groups is 1. The average Bonchev–Trinajstić information content (AvgIpc) is 3.50. The van der Waals surface area contributed by atoms with Gasteiger partial charge < -0.3 is 19.3 Å². The third-order valence-electron chi connectivity index (χ3n) is 12.7. The number of hydrogen-bond donors (Lipinski definition) is 1. The van der Waals surface area contributed by atoms with E-state index in [-0.39, 0.29) is 18.0 Å². The Kier molecular flexibility index (Phi) is 11.1. The zero-order valence-corrected chi connectivity index (χ0v) is 34.7. The SMILES string of the molecule is COc1c(Cl)cc(C(C)(C)c2ccc(OCc3ccnc(N4CCC(C5CCN(c6ccc7c(c6)n(C)c(=O)n7C6CCC(=O)NC6=O)CC5)CC4)n3)cc2)cc1C#N. The van der Waals surface area contributed by atoms with Gasteiger partial charge in [-0.25, -0.2) is 14.8 Å². The van der Waals surface area contributed by atoms with E-state index in [1.807, 2.05) is 60.8 Å². The van der Waals surface area contributed by atoms with E-state index in [0.29, 0.717) is 46.7 Å². The number of piperidine rings is 3. The summed E-state index contributed by atoms with van der Waals surface area (Å²) in [6.45, 7) is 8.24. The van der Waals surface area contributed by atoms with E-state index in [1.54, 1.807) is 11.6 Å². The number of carbonyl (C=O) groups excluding carboxylic acids is 2. The largest absolute Gasteiger partial charge is 0.494 e. The van der Waals surface area contributed by atoms with E-state index < -0.39 is 17.4 Å². The number of amides is 2. The summed E-state index contributed by atoms with van der Waals surface area (Å²) < 4.78 is 14.6. The molecule has 14 heteroatoms. The minimum absolute atomic E-state index is 0.219. The molecule has 0 aliphatic carbocycles. The van der Waals surface area contributed by atoms with Gasteiger partial charge in [-0.1, -0.05) is 37.6 Å². The van der Waals surface area contributed by atoms with Crippen LogP contribution in [0.4, 0.5) is 11.6 Å². The molecule has 2 aromatic heterocycles. The molecule has 5 aromatic rings. The van der Waals surface area contributed by atoms with E-state index >= 15 is 0 Å². The highest BCUT2D eigenvalue weighted by Crippen LogP contribution is 2.39. The van der Waals surface area contributed by atoms with E-state index in [9.17, 15) is 19.6 Å². The van der Waals surface area contributed by atoms with Gasteiger partial charge >= 0.3 is 5.69 Å². The van der Waals surface area contributed by atoms with Crippen LogP contribution >= 0.6 is 11.6 Å². The van der Waals surface area contributed by atoms with Crippen molar-refractivity contribution >= 4 is 46.1 Å². The summed E-state index contributed by atoms with van der Waals surface area (Å²) in [4.78, 5) is 51.8. The van der Waals surface area contributed by atoms with Gasteiger partial charge in [-0.2, -0.15) is 5.26 Å². The summed E-state index contributed by atoms with van der Waals surface area (Å²) >= 11 is 6.46. The number of ether oxygens (including phenoxy) is 2. The van der Waals surface area contributed by atoms with E-state index in [4.69, 9.17) is 26.1 Å². The molecule has 0 saturated carbocycles. The predicted octanol–water partition coefficient (Wildman–Crippen LogP) is 6.68. The van der Waals surface area contributed by atoms with Gasteiger partial charge in [0, 0.05) is 56.9 Å². The van der Waals surface area contributed by atoms with Crippen molar-refractivity contribution in [3.8, 4) is 17.6 Å². The van der Waals surface area contributed by atoms with Crippen LogP contribution in [0.3, 0.4) is 0 Å². The summed E-state index contributed by atoms with van der Waals surface area (Å²) in [6.07, 6.45) is 6.76. The maximum atomic E-state index is 13.3. The first-order valence-corrected chi connectivity index (χ1v) is 20.7. The smallest absolute Gasteiger partial charge is 0.329 e. The molecule has 59 heavy (non-hydrogen) atoms. The number of anilines is 2. The fourth-order valence-corrected chi connectivity index (χ4v) is 9.43. The Morgan fingerprint density at radius 1 is 0.881 bits per heavy atom. The van der Waals surface area contributed by atoms with Crippen LogP contribution in [-0.2, 0) is 28.7 Å². The first-order chi connectivity index (χ1) is 28.4. The molecule has 3 aliphatic rings. The maximum absolute atomic E-state index is 13.3. The van der Waals surface area contributed by atoms with Gasteiger partial charge in [0.1, 0.15) is 24.5 Å². The van der Waals surface area contributed by atoms with Gasteiger partial charge in [-0.3, -0.25) is 24.0 Å². The lowest BCUT2D eigenvalue weighted by Crippen LogP contribution is -2.44. The normalized spacial score (nSPS) is 18.2. The number of aromatic nitrogens is 4. The number of hydrogen-bond acceptors (Lipinski definition) is 10. The van der Waals surface area contributed by atoms with E-state index in [2.05, 4.69) is 46.1 Å². The second-order valence-corrected chi connectivity index (χ2v) is 16.8. The van der Waals surface area contributed by atoms with Crippen molar-refractivity contribution < 1.29 is 19.1 Å². The number of carbonyl (C=O) groups is 2. The fraction of sp³-hybridized carbons (Fsp3) is 0.422. The Labute approximate surface area is 348 Å². The second-order valence-electron chi connectivity index (χ2n) is 16.4. The van der Waals surface area contributed by atoms with Gasteiger partial charge in [-0.05, 0) is 104 Å². The van der Waals surface area contributed by atoms with Crippen molar-refractivity contribution in [2.45, 2.75) is 70.4 Å². The molecule has 1 atom stereocenters. The zero-order valence-electron chi connectivity index (χ0n) is 33.9. The van der Waals surface area contributed by atoms with Crippen molar-refractivity contribution in [3.63, 3.8) is 0 Å². The van der Waals surface area contributed by atoms with Crippen molar-refractivity contribution in [2.24, 2.45) is 18.9 Å². The van der Waals surface area contributed by atoms with Crippen molar-refractivity contribution in [1.29, 1.82) is 5.26 Å². The lowest BCUT2D eigenvalue weighted by molar-refractivity contribution is -0.135. The highest BCUT2D eigenvalue weighted by atomic mass is 35.5. The monoisotopic (exact) mass is 816 g/mol. The van der Waals surface area contributed by atoms with Crippen LogP contribution in [0.2, 0.25) is 5.02 Å². The third kappa shape index (κ3) is 7.86. The number of nitriles is 1. The Bertz CT molecular complexity index is 2490. The molecular formula is C45H49ClN8O5. The molecule has 306 valence electrons. The molecule has 2 amide bonds. The number of nitrogens with zero attached hydrogens (tertiary/aromatic N) is 7. The topological polar surface area (TPSA) is 148 Å². The Balaban J connectivity index is 0.832. The quantitative estimate of drug-likeness (QED) is 0.152. The molecule has 3 aliphatic heterocycles. The average molecular weight is 817 g/mol. The molecule has 3 saturated heterocycles. The van der Waals surface area contributed by atoms with Crippen LogP contribution < -0.4 is 30.3 Å². The number of rotatable bonds is 10. The van der Waals surface area contributed by atoms with Crippen LogP contribution in [-0.4, -0.2) is 64.2 Å². The lowest BCUT2D eigenvalue weighted by Gasteiger charge is -2.41. The fourth-order valence-electron chi connectivity index (χ4n) is 9.13. The Morgan fingerprint density at radius 2 is 1.58 bits per heavy atom. The summed E-state index contributed by atoms with van der Waals surface area (Å²) in [6, 6.07) is 21.1. The van der Waals surface area contributed by atoms with Gasteiger partial charge in [0.2, 0.25) is 17.8 Å². The second kappa shape index (κ2) is 16.4. The summed E-state index contributed by atoms with van der Waals surface area (Å²) in [7, 11) is 3.25. The highest BCUT2D eigenvalue weighted by Gasteiger charge is 2.33. The van der Waals surface area contributed by atoms with Crippen LogP contribution in [0.15, 0.2) is 71.7 Å².